The maximum atomic E-state index is 12.7. The van der Waals surface area contributed by atoms with Crippen molar-refractivity contribution in [3.05, 3.63) is 54.6 Å². The van der Waals surface area contributed by atoms with E-state index in [1.165, 1.54) is 33.3 Å². The summed E-state index contributed by atoms with van der Waals surface area (Å²) >= 11 is 1.42. The Kier molecular flexibility index (Phi) is 7.74. The topological polar surface area (TPSA) is 33.2 Å². The van der Waals surface area contributed by atoms with Gasteiger partial charge in [0.05, 0.1) is 10.2 Å². The Morgan fingerprint density at radius 3 is 2.41 bits per heavy atom. The average molecular weight is 387 g/mol. The van der Waals surface area contributed by atoms with E-state index in [0.717, 1.165) is 21.7 Å². The average Bonchev–Trinajstić information content (AvgIpc) is 2.97. The Morgan fingerprint density at radius 1 is 1.18 bits per heavy atom. The van der Waals surface area contributed by atoms with Gasteiger partial charge in [0, 0.05) is 33.5 Å². The van der Waals surface area contributed by atoms with Crippen LogP contribution in [0.3, 0.4) is 0 Å². The Bertz CT molecular complexity index is 610. The largest absolute Gasteiger partial charge is 0.304 e. The first-order valence-corrected chi connectivity index (χ1v) is 11.6. The van der Waals surface area contributed by atoms with E-state index in [0.29, 0.717) is 5.01 Å². The van der Waals surface area contributed by atoms with Gasteiger partial charge in [-0.05, 0) is 12.1 Å². The van der Waals surface area contributed by atoms with E-state index in [1.54, 1.807) is 25.3 Å². The second kappa shape index (κ2) is 9.57. The molecule has 0 fully saturated rings. The Hall–Kier alpha value is -0.540. The molecule has 2 aromatic rings. The van der Waals surface area contributed by atoms with Crippen molar-refractivity contribution in [2.24, 2.45) is 0 Å². The fourth-order valence-electron chi connectivity index (χ4n) is 1.37. The van der Waals surface area contributed by atoms with Gasteiger partial charge in [-0.3, -0.25) is 4.79 Å². The first-order valence-electron chi connectivity index (χ1n) is 6.27. The summed E-state index contributed by atoms with van der Waals surface area (Å²) < 4.78 is 2.69. The molecule has 116 valence electrons. The molecule has 0 atom stereocenters. The van der Waals surface area contributed by atoms with Gasteiger partial charge in [-0.1, -0.05) is 45.9 Å². The van der Waals surface area contributed by atoms with Crippen molar-refractivity contribution >= 4 is 71.0 Å². The van der Waals surface area contributed by atoms with Crippen LogP contribution in [0.15, 0.2) is 49.6 Å². The molecule has 0 radical (unpaired) electrons. The summed E-state index contributed by atoms with van der Waals surface area (Å²) in [5.74, 6) is 1.48. The fraction of sp³-hybridized carbons (Fsp3) is 0.143. The lowest BCUT2D eigenvalue weighted by Gasteiger charge is -2.16. The second-order valence-electron chi connectivity index (χ2n) is 3.84. The van der Waals surface area contributed by atoms with E-state index >= 15 is 0 Å². The van der Waals surface area contributed by atoms with Crippen LogP contribution in [0.2, 0.25) is 0 Å². The number of rotatable bonds is 9. The van der Waals surface area contributed by atoms with Crippen LogP contribution in [0.4, 0.5) is 0 Å². The molecule has 1 aromatic heterocycles. The molecule has 8 heteroatoms. The third-order valence-electron chi connectivity index (χ3n) is 2.26. The third kappa shape index (κ3) is 4.99. The maximum absolute atomic E-state index is 12.7. The lowest BCUT2D eigenvalue weighted by Crippen LogP contribution is -2.15. The number of benzene rings is 1. The molecule has 0 bridgehead atoms. The molecular weight excluding hydrogens is 373 g/mol. The first-order chi connectivity index (χ1) is 10.8. The van der Waals surface area contributed by atoms with Gasteiger partial charge in [0.1, 0.15) is 0 Å². The smallest absolute Gasteiger partial charge is 0.264 e. The number of thiazole rings is 1. The van der Waals surface area contributed by atoms with Gasteiger partial charge < -0.3 is 0 Å². The van der Waals surface area contributed by atoms with Crippen LogP contribution in [0.1, 0.15) is 9.80 Å². The summed E-state index contributed by atoms with van der Waals surface area (Å²) in [5.41, 5.74) is 0.864. The highest BCUT2D eigenvalue weighted by atomic mass is 33.1. The molecule has 1 aromatic carbocycles. The number of para-hydroxylation sites is 1. The molecule has 0 spiro atoms. The van der Waals surface area contributed by atoms with Crippen LogP contribution >= 0.6 is 54.9 Å². The van der Waals surface area contributed by atoms with Crippen LogP contribution in [-0.2, 0) is 0 Å². The highest BCUT2D eigenvalue weighted by Crippen LogP contribution is 2.40. The number of hydrogen-bond donors (Lipinski definition) is 0. The lowest BCUT2D eigenvalue weighted by atomic mass is 10.3. The van der Waals surface area contributed by atoms with E-state index in [4.69, 9.17) is 0 Å². The monoisotopic (exact) mass is 386 g/mol. The molecule has 2 rings (SSSR count). The van der Waals surface area contributed by atoms with Gasteiger partial charge in [-0.15, -0.1) is 24.5 Å². The van der Waals surface area contributed by atoms with Crippen molar-refractivity contribution in [2.75, 3.05) is 11.5 Å². The number of carbonyl (C=O) groups is 1. The van der Waals surface area contributed by atoms with Crippen LogP contribution < -0.4 is 0 Å². The minimum atomic E-state index is -0.0793. The molecule has 0 aliphatic carbocycles. The number of nitrogens with zero attached hydrogens (tertiary/aromatic N) is 2. The predicted octanol–water partition coefficient (Wildman–Crippen LogP) is 5.70. The fourth-order valence-corrected chi connectivity index (χ4v) is 6.89. The van der Waals surface area contributed by atoms with Crippen molar-refractivity contribution in [1.82, 2.24) is 8.69 Å². The van der Waals surface area contributed by atoms with Gasteiger partial charge in [0.25, 0.3) is 0 Å². The van der Waals surface area contributed by atoms with Crippen LogP contribution in [0, 0.1) is 0 Å². The number of carbonyl (C=O) groups excluding carboxylic acids is 1. The lowest BCUT2D eigenvalue weighted by molar-refractivity contribution is 0.0935. The van der Waals surface area contributed by atoms with E-state index in [2.05, 4.69) is 18.1 Å². The minimum absolute atomic E-state index is 0.0793. The highest BCUT2D eigenvalue weighted by molar-refractivity contribution is 8.83. The molecule has 0 aliphatic heterocycles. The zero-order valence-electron chi connectivity index (χ0n) is 11.6. The highest BCUT2D eigenvalue weighted by Gasteiger charge is 2.22. The van der Waals surface area contributed by atoms with Crippen molar-refractivity contribution in [3.63, 3.8) is 0 Å². The van der Waals surface area contributed by atoms with Crippen LogP contribution in [-0.4, -0.2) is 26.1 Å². The van der Waals surface area contributed by atoms with E-state index in [9.17, 15) is 4.79 Å². The summed E-state index contributed by atoms with van der Waals surface area (Å²) in [6.07, 6.45) is 3.64. The molecule has 1 heterocycles. The normalized spacial score (nSPS) is 10.5. The molecule has 0 N–H and O–H groups in total. The predicted molar refractivity (Wildman–Crippen MR) is 106 cm³/mol. The number of hydrogen-bond acceptors (Lipinski definition) is 7. The van der Waals surface area contributed by atoms with Crippen LogP contribution in [0.5, 0.6) is 0 Å². The summed E-state index contributed by atoms with van der Waals surface area (Å²) in [4.78, 5) is 17.1. The molecule has 0 aliphatic rings. The summed E-state index contributed by atoms with van der Waals surface area (Å²) in [5, 5.41) is 0.514. The Morgan fingerprint density at radius 2 is 1.82 bits per heavy atom. The minimum Gasteiger partial charge on any atom is -0.264 e. The van der Waals surface area contributed by atoms with Gasteiger partial charge in [-0.2, -0.15) is 0 Å². The molecule has 22 heavy (non-hydrogen) atoms. The number of aromatic nitrogens is 1. The van der Waals surface area contributed by atoms with Gasteiger partial charge in [0.15, 0.2) is 5.01 Å². The molecule has 0 saturated heterocycles. The van der Waals surface area contributed by atoms with Gasteiger partial charge in [0.2, 0.25) is 0 Å². The molecular formula is C14H14N2OS5. The van der Waals surface area contributed by atoms with Gasteiger partial charge in [-0.25, -0.2) is 8.69 Å². The van der Waals surface area contributed by atoms with Crippen molar-refractivity contribution < 1.29 is 4.79 Å². The molecule has 3 nitrogen and oxygen atoms in total. The van der Waals surface area contributed by atoms with Crippen molar-refractivity contribution in [3.8, 4) is 0 Å². The zero-order valence-corrected chi connectivity index (χ0v) is 15.7. The van der Waals surface area contributed by atoms with E-state index in [1.807, 2.05) is 36.4 Å². The van der Waals surface area contributed by atoms with Crippen molar-refractivity contribution in [1.29, 1.82) is 0 Å². The zero-order chi connectivity index (χ0) is 15.8. The second-order valence-corrected chi connectivity index (χ2v) is 9.58. The Labute approximate surface area is 150 Å². The standard InChI is InChI=1S/C14H14N2OS5/c1-3-9-18-21-16(22-19-10-4-2)14(17)13-15-11-7-5-6-8-12(11)20-13/h3-8H,1-2,9-10H2. The molecule has 1 amide bonds. The quantitative estimate of drug-likeness (QED) is 0.238. The van der Waals surface area contributed by atoms with Crippen LogP contribution in [0.25, 0.3) is 10.2 Å². The SMILES string of the molecule is C=CCSSN(SSCC=C)C(=O)c1nc2ccccc2s1. The maximum Gasteiger partial charge on any atom is 0.304 e. The summed E-state index contributed by atoms with van der Waals surface area (Å²) in [7, 11) is 5.97. The Balaban J connectivity index is 2.11. The number of fused-ring (bicyclic) bond motifs is 1. The first kappa shape index (κ1) is 17.8. The van der Waals surface area contributed by atoms with Gasteiger partial charge >= 0.3 is 5.91 Å². The van der Waals surface area contributed by atoms with E-state index in [-0.39, 0.29) is 5.91 Å². The van der Waals surface area contributed by atoms with E-state index < -0.39 is 0 Å². The number of amides is 1. The summed E-state index contributed by atoms with van der Waals surface area (Å²) in [6.45, 7) is 7.38. The van der Waals surface area contributed by atoms with Crippen molar-refractivity contribution in [2.45, 2.75) is 0 Å². The molecule has 0 unspecified atom stereocenters. The third-order valence-corrected chi connectivity index (χ3v) is 8.19. The molecule has 0 saturated carbocycles. The summed E-state index contributed by atoms with van der Waals surface area (Å²) in [6, 6.07) is 7.78.